The van der Waals surface area contributed by atoms with Crippen LogP contribution in [0.15, 0.2) is 59.5 Å². The van der Waals surface area contributed by atoms with Crippen LogP contribution in [-0.4, -0.2) is 33.5 Å². The molecule has 2 aromatic carbocycles. The molecule has 1 N–H and O–H groups in total. The standard InChI is InChI=1S/C23H28N2O4S/c1-2-29-20-10-12-21(13-11-20)30(27,28)25(19-6-4-3-5-7-19)16-23(26)24-22-15-17-8-9-18(22)14-17/h3-7,10-13,17-18,22H,2,8-9,14-16H2,1H3,(H,24,26)/t17-,18+,22-/m1/s1. The molecular formula is C23H28N2O4S. The molecule has 30 heavy (non-hydrogen) atoms. The molecule has 0 radical (unpaired) electrons. The number of nitrogens with zero attached hydrogens (tertiary/aromatic N) is 1. The van der Waals surface area contributed by atoms with Crippen molar-refractivity contribution in [1.29, 1.82) is 0 Å². The van der Waals surface area contributed by atoms with Crippen molar-refractivity contribution in [2.24, 2.45) is 11.8 Å². The lowest BCUT2D eigenvalue weighted by Gasteiger charge is -2.27. The van der Waals surface area contributed by atoms with Crippen LogP contribution >= 0.6 is 0 Å². The molecule has 0 unspecified atom stereocenters. The van der Waals surface area contributed by atoms with Crippen LogP contribution in [0.5, 0.6) is 5.75 Å². The van der Waals surface area contributed by atoms with Gasteiger partial charge in [0.05, 0.1) is 17.2 Å². The highest BCUT2D eigenvalue weighted by Gasteiger charge is 2.40. The van der Waals surface area contributed by atoms with Gasteiger partial charge >= 0.3 is 0 Å². The summed E-state index contributed by atoms with van der Waals surface area (Å²) in [6, 6.07) is 15.2. The first-order valence-electron chi connectivity index (χ1n) is 10.6. The van der Waals surface area contributed by atoms with Crippen LogP contribution in [0.2, 0.25) is 0 Å². The Bertz CT molecular complexity index is 976. The fourth-order valence-electron chi connectivity index (χ4n) is 4.72. The van der Waals surface area contributed by atoms with Gasteiger partial charge in [-0.2, -0.15) is 0 Å². The van der Waals surface area contributed by atoms with E-state index in [2.05, 4.69) is 5.32 Å². The summed E-state index contributed by atoms with van der Waals surface area (Å²) >= 11 is 0. The first-order chi connectivity index (χ1) is 14.5. The SMILES string of the molecule is CCOc1ccc(S(=O)(=O)N(CC(=O)N[C@@H]2C[C@@H]3CC[C@H]2C3)c2ccccc2)cc1. The number of carbonyl (C=O) groups excluding carboxylic acids is 1. The number of hydrogen-bond acceptors (Lipinski definition) is 4. The van der Waals surface area contributed by atoms with Crippen LogP contribution in [0.3, 0.4) is 0 Å². The first-order valence-corrected chi connectivity index (χ1v) is 12.0. The summed E-state index contributed by atoms with van der Waals surface area (Å²) in [5, 5.41) is 3.09. The molecule has 2 saturated carbocycles. The van der Waals surface area contributed by atoms with Crippen molar-refractivity contribution in [3.05, 3.63) is 54.6 Å². The summed E-state index contributed by atoms with van der Waals surface area (Å²) in [5.41, 5.74) is 0.467. The Balaban J connectivity index is 1.55. The van der Waals surface area contributed by atoms with Crippen molar-refractivity contribution < 1.29 is 17.9 Å². The molecule has 2 aliphatic rings. The smallest absolute Gasteiger partial charge is 0.264 e. The van der Waals surface area contributed by atoms with Gasteiger partial charge in [-0.3, -0.25) is 9.10 Å². The van der Waals surface area contributed by atoms with E-state index >= 15 is 0 Å². The van der Waals surface area contributed by atoms with Gasteiger partial charge in [-0.25, -0.2) is 8.42 Å². The number of benzene rings is 2. The summed E-state index contributed by atoms with van der Waals surface area (Å²) in [6.07, 6.45) is 4.59. The summed E-state index contributed by atoms with van der Waals surface area (Å²) < 4.78 is 33.4. The van der Waals surface area contributed by atoms with Crippen molar-refractivity contribution in [3.8, 4) is 5.75 Å². The van der Waals surface area contributed by atoms with Crippen LogP contribution in [0, 0.1) is 11.8 Å². The third kappa shape index (κ3) is 4.31. The maximum absolute atomic E-state index is 13.4. The Labute approximate surface area is 178 Å². The molecule has 2 fully saturated rings. The third-order valence-electron chi connectivity index (χ3n) is 6.14. The minimum atomic E-state index is -3.91. The van der Waals surface area contributed by atoms with Crippen LogP contribution in [0.4, 0.5) is 5.69 Å². The lowest BCUT2D eigenvalue weighted by Crippen LogP contribution is -2.45. The number of para-hydroxylation sites is 1. The zero-order valence-electron chi connectivity index (χ0n) is 17.2. The topological polar surface area (TPSA) is 75.7 Å². The van der Waals surface area contributed by atoms with E-state index in [0.29, 0.717) is 29.9 Å². The molecule has 160 valence electrons. The first kappa shape index (κ1) is 20.7. The molecule has 0 aromatic heterocycles. The number of amides is 1. The van der Waals surface area contributed by atoms with Gasteiger partial charge in [0.15, 0.2) is 0 Å². The molecular weight excluding hydrogens is 400 g/mol. The Morgan fingerprint density at radius 3 is 2.40 bits per heavy atom. The highest BCUT2D eigenvalue weighted by molar-refractivity contribution is 7.92. The largest absolute Gasteiger partial charge is 0.494 e. The van der Waals surface area contributed by atoms with E-state index in [9.17, 15) is 13.2 Å². The Morgan fingerprint density at radius 2 is 1.80 bits per heavy atom. The van der Waals surface area contributed by atoms with E-state index in [0.717, 1.165) is 12.8 Å². The number of ether oxygens (including phenoxy) is 1. The number of anilines is 1. The van der Waals surface area contributed by atoms with Gasteiger partial charge in [-0.05, 0) is 74.4 Å². The zero-order chi connectivity index (χ0) is 21.1. The number of rotatable bonds is 8. The average Bonchev–Trinajstić information content (AvgIpc) is 3.36. The van der Waals surface area contributed by atoms with Crippen LogP contribution in [0.1, 0.15) is 32.6 Å². The molecule has 2 aliphatic carbocycles. The monoisotopic (exact) mass is 428 g/mol. The Morgan fingerprint density at radius 1 is 1.07 bits per heavy atom. The minimum Gasteiger partial charge on any atom is -0.494 e. The van der Waals surface area contributed by atoms with Crippen LogP contribution < -0.4 is 14.4 Å². The molecule has 6 nitrogen and oxygen atoms in total. The molecule has 0 heterocycles. The zero-order valence-corrected chi connectivity index (χ0v) is 18.0. The summed E-state index contributed by atoms with van der Waals surface area (Å²) in [6.45, 7) is 2.13. The van der Waals surface area contributed by atoms with Gasteiger partial charge in [-0.15, -0.1) is 0 Å². The quantitative estimate of drug-likeness (QED) is 0.697. The average molecular weight is 429 g/mol. The van der Waals surface area contributed by atoms with Crippen molar-refractivity contribution in [1.82, 2.24) is 5.32 Å². The number of carbonyl (C=O) groups is 1. The predicted octanol–water partition coefficient (Wildman–Crippen LogP) is 3.59. The van der Waals surface area contributed by atoms with E-state index in [1.54, 1.807) is 36.4 Å². The molecule has 2 bridgehead atoms. The van der Waals surface area contributed by atoms with Gasteiger partial charge in [0.2, 0.25) is 5.91 Å². The molecule has 4 rings (SSSR count). The van der Waals surface area contributed by atoms with E-state index in [-0.39, 0.29) is 23.4 Å². The Hall–Kier alpha value is -2.54. The van der Waals surface area contributed by atoms with Crippen molar-refractivity contribution in [2.75, 3.05) is 17.5 Å². The van der Waals surface area contributed by atoms with Gasteiger partial charge in [0, 0.05) is 6.04 Å². The van der Waals surface area contributed by atoms with Gasteiger partial charge < -0.3 is 10.1 Å². The molecule has 7 heteroatoms. The second kappa shape index (κ2) is 8.68. The lowest BCUT2D eigenvalue weighted by atomic mass is 9.95. The highest BCUT2D eigenvalue weighted by Crippen LogP contribution is 2.44. The second-order valence-corrected chi connectivity index (χ2v) is 9.96. The normalized spacial score (nSPS) is 22.6. The third-order valence-corrected chi connectivity index (χ3v) is 7.93. The summed E-state index contributed by atoms with van der Waals surface area (Å²) in [4.78, 5) is 13.0. The minimum absolute atomic E-state index is 0.127. The van der Waals surface area contributed by atoms with Crippen LogP contribution in [0.25, 0.3) is 0 Å². The number of nitrogens with one attached hydrogen (secondary N) is 1. The maximum atomic E-state index is 13.4. The summed E-state index contributed by atoms with van der Waals surface area (Å²) in [5.74, 6) is 1.59. The molecule has 0 aliphatic heterocycles. The van der Waals surface area contributed by atoms with Crippen molar-refractivity contribution in [3.63, 3.8) is 0 Å². The number of hydrogen-bond donors (Lipinski definition) is 1. The number of fused-ring (bicyclic) bond motifs is 2. The fourth-order valence-corrected chi connectivity index (χ4v) is 6.14. The molecule has 2 aromatic rings. The summed E-state index contributed by atoms with van der Waals surface area (Å²) in [7, 11) is -3.91. The van der Waals surface area contributed by atoms with Crippen LogP contribution in [-0.2, 0) is 14.8 Å². The molecule has 1 amide bonds. The van der Waals surface area contributed by atoms with Crippen molar-refractivity contribution in [2.45, 2.75) is 43.5 Å². The second-order valence-electron chi connectivity index (χ2n) is 8.10. The lowest BCUT2D eigenvalue weighted by molar-refractivity contribution is -0.120. The van der Waals surface area contributed by atoms with E-state index < -0.39 is 10.0 Å². The van der Waals surface area contributed by atoms with Gasteiger partial charge in [-0.1, -0.05) is 24.6 Å². The fraction of sp³-hybridized carbons (Fsp3) is 0.435. The van der Waals surface area contributed by atoms with E-state index in [4.69, 9.17) is 4.74 Å². The number of sulfonamides is 1. The Kier molecular flexibility index (Phi) is 5.99. The highest BCUT2D eigenvalue weighted by atomic mass is 32.2. The molecule has 0 spiro atoms. The van der Waals surface area contributed by atoms with E-state index in [1.165, 1.54) is 29.3 Å². The van der Waals surface area contributed by atoms with E-state index in [1.807, 2.05) is 13.0 Å². The van der Waals surface area contributed by atoms with Crippen molar-refractivity contribution >= 4 is 21.6 Å². The van der Waals surface area contributed by atoms with Gasteiger partial charge in [0.1, 0.15) is 12.3 Å². The predicted molar refractivity (Wildman–Crippen MR) is 116 cm³/mol. The maximum Gasteiger partial charge on any atom is 0.264 e. The van der Waals surface area contributed by atoms with Gasteiger partial charge in [0.25, 0.3) is 10.0 Å². The molecule has 3 atom stereocenters. The molecule has 0 saturated heterocycles.